The van der Waals surface area contributed by atoms with Crippen LogP contribution in [0.1, 0.15) is 17.1 Å². The summed E-state index contributed by atoms with van der Waals surface area (Å²) < 4.78 is 13.9. The molecule has 0 amide bonds. The molecule has 1 saturated heterocycles. The monoisotopic (exact) mass is 335 g/mol. The minimum Gasteiger partial charge on any atom is -0.384 e. The Labute approximate surface area is 140 Å². The van der Waals surface area contributed by atoms with E-state index in [1.165, 1.54) is 4.88 Å². The fraction of sp³-hybridized carbons (Fsp3) is 0.500. The van der Waals surface area contributed by atoms with Crippen LogP contribution in [0.3, 0.4) is 0 Å². The van der Waals surface area contributed by atoms with Gasteiger partial charge in [-0.2, -0.15) is 0 Å². The van der Waals surface area contributed by atoms with Crippen LogP contribution in [0, 0.1) is 0 Å². The molecule has 2 aromatic heterocycles. The van der Waals surface area contributed by atoms with E-state index >= 15 is 0 Å². The molecule has 0 saturated carbocycles. The van der Waals surface area contributed by atoms with Gasteiger partial charge in [0.2, 0.25) is 0 Å². The molecule has 0 aromatic carbocycles. The lowest BCUT2D eigenvalue weighted by Crippen LogP contribution is -2.38. The Bertz CT molecular complexity index is 621. The van der Waals surface area contributed by atoms with Gasteiger partial charge >= 0.3 is 0 Å². The Hall–Kier alpha value is -1.57. The van der Waals surface area contributed by atoms with Gasteiger partial charge in [0.15, 0.2) is 0 Å². The number of nitrogens with zero attached hydrogens (tertiary/aromatic N) is 4. The highest BCUT2D eigenvalue weighted by Crippen LogP contribution is 2.25. The Kier molecular flexibility index (Phi) is 5.20. The molecule has 0 spiro atoms. The zero-order valence-electron chi connectivity index (χ0n) is 13.2. The van der Waals surface area contributed by atoms with Crippen molar-refractivity contribution in [3.05, 3.63) is 40.5 Å². The van der Waals surface area contributed by atoms with Crippen LogP contribution in [-0.2, 0) is 13.1 Å². The minimum atomic E-state index is -0.739. The Morgan fingerprint density at radius 2 is 2.35 bits per heavy atom. The second kappa shape index (κ2) is 7.33. The van der Waals surface area contributed by atoms with Crippen molar-refractivity contribution in [2.75, 3.05) is 25.9 Å². The van der Waals surface area contributed by atoms with Crippen LogP contribution in [0.2, 0.25) is 0 Å². The first-order valence-corrected chi connectivity index (χ1v) is 8.64. The number of alkyl halides is 1. The summed E-state index contributed by atoms with van der Waals surface area (Å²) in [7, 11) is 2.02. The van der Waals surface area contributed by atoms with E-state index in [0.717, 1.165) is 13.1 Å². The zero-order chi connectivity index (χ0) is 16.2. The van der Waals surface area contributed by atoms with Crippen molar-refractivity contribution in [3.63, 3.8) is 0 Å². The Balaban J connectivity index is 1.58. The van der Waals surface area contributed by atoms with Gasteiger partial charge in [0.1, 0.15) is 17.8 Å². The molecular formula is C16H22FN5S. The summed E-state index contributed by atoms with van der Waals surface area (Å²) in [5.74, 6) is 1.18. The number of hydrogen-bond donors (Lipinski definition) is 1. The first kappa shape index (κ1) is 16.3. The maximum absolute atomic E-state index is 13.9. The van der Waals surface area contributed by atoms with Gasteiger partial charge in [0, 0.05) is 36.8 Å². The zero-order valence-corrected chi connectivity index (χ0v) is 14.0. The third-order valence-electron chi connectivity index (χ3n) is 4.08. The van der Waals surface area contributed by atoms with Gasteiger partial charge in [-0.25, -0.2) is 14.4 Å². The number of hydrogen-bond acceptors (Lipinski definition) is 6. The molecule has 23 heavy (non-hydrogen) atoms. The molecule has 0 bridgehead atoms. The van der Waals surface area contributed by atoms with E-state index in [-0.39, 0.29) is 6.04 Å². The van der Waals surface area contributed by atoms with Crippen molar-refractivity contribution in [1.82, 2.24) is 19.8 Å². The normalized spacial score (nSPS) is 22.0. The fourth-order valence-corrected chi connectivity index (χ4v) is 3.79. The molecule has 1 aliphatic heterocycles. The third-order valence-corrected chi connectivity index (χ3v) is 4.94. The third kappa shape index (κ3) is 4.46. The SMILES string of the molecule is CN(Cc1nccc(N)n1)C[C@@H]1C[C@H](F)CN1Cc1cccs1. The van der Waals surface area contributed by atoms with E-state index in [9.17, 15) is 4.39 Å². The van der Waals surface area contributed by atoms with Gasteiger partial charge in [0.25, 0.3) is 0 Å². The molecule has 0 unspecified atom stereocenters. The summed E-state index contributed by atoms with van der Waals surface area (Å²) in [6.45, 7) is 2.76. The van der Waals surface area contributed by atoms with E-state index in [2.05, 4.69) is 31.2 Å². The molecule has 3 heterocycles. The highest BCUT2D eigenvalue weighted by atomic mass is 32.1. The number of thiophene rings is 1. The predicted octanol–water partition coefficient (Wildman–Crippen LogP) is 2.16. The van der Waals surface area contributed by atoms with E-state index in [4.69, 9.17) is 5.73 Å². The molecule has 0 radical (unpaired) electrons. The van der Waals surface area contributed by atoms with E-state index < -0.39 is 6.17 Å². The predicted molar refractivity (Wildman–Crippen MR) is 90.8 cm³/mol. The molecular weight excluding hydrogens is 313 g/mol. The molecule has 7 heteroatoms. The number of halogens is 1. The number of nitrogen functional groups attached to an aromatic ring is 1. The number of likely N-dealkylation sites (tertiary alicyclic amines) is 1. The maximum Gasteiger partial charge on any atom is 0.144 e. The summed E-state index contributed by atoms with van der Waals surface area (Å²) in [4.78, 5) is 14.1. The molecule has 2 aromatic rings. The van der Waals surface area contributed by atoms with Gasteiger partial charge in [-0.1, -0.05) is 6.07 Å². The van der Waals surface area contributed by atoms with Gasteiger partial charge < -0.3 is 5.73 Å². The average Bonchev–Trinajstić information content (AvgIpc) is 3.10. The number of likely N-dealkylation sites (N-methyl/N-ethyl adjacent to an activating group) is 1. The molecule has 2 atom stereocenters. The van der Waals surface area contributed by atoms with Crippen molar-refractivity contribution in [3.8, 4) is 0 Å². The molecule has 5 nitrogen and oxygen atoms in total. The van der Waals surface area contributed by atoms with Crippen LogP contribution >= 0.6 is 11.3 Å². The molecule has 3 rings (SSSR count). The second-order valence-corrected chi connectivity index (χ2v) is 7.12. The summed E-state index contributed by atoms with van der Waals surface area (Å²) in [6.07, 6.45) is 1.52. The molecule has 2 N–H and O–H groups in total. The van der Waals surface area contributed by atoms with Crippen molar-refractivity contribution in [2.45, 2.75) is 31.7 Å². The summed E-state index contributed by atoms with van der Waals surface area (Å²) in [6, 6.07) is 6.05. The van der Waals surface area contributed by atoms with Crippen molar-refractivity contribution >= 4 is 17.2 Å². The van der Waals surface area contributed by atoms with Crippen molar-refractivity contribution in [1.29, 1.82) is 0 Å². The van der Waals surface area contributed by atoms with Crippen LogP contribution in [0.15, 0.2) is 29.8 Å². The summed E-state index contributed by atoms with van der Waals surface area (Å²) in [5, 5.41) is 2.07. The topological polar surface area (TPSA) is 58.3 Å². The van der Waals surface area contributed by atoms with Gasteiger partial charge in [0.05, 0.1) is 6.54 Å². The number of nitrogens with two attached hydrogens (primary N) is 1. The highest BCUT2D eigenvalue weighted by molar-refractivity contribution is 7.09. The number of anilines is 1. The fourth-order valence-electron chi connectivity index (χ4n) is 3.07. The first-order chi connectivity index (χ1) is 11.1. The molecule has 124 valence electrons. The smallest absolute Gasteiger partial charge is 0.144 e. The quantitative estimate of drug-likeness (QED) is 0.877. The van der Waals surface area contributed by atoms with Gasteiger partial charge in [-0.3, -0.25) is 9.80 Å². The first-order valence-electron chi connectivity index (χ1n) is 7.76. The van der Waals surface area contributed by atoms with Gasteiger partial charge in [-0.05, 0) is 31.0 Å². The summed E-state index contributed by atoms with van der Waals surface area (Å²) >= 11 is 1.72. The maximum atomic E-state index is 13.9. The van der Waals surface area contributed by atoms with Crippen LogP contribution in [0.5, 0.6) is 0 Å². The van der Waals surface area contributed by atoms with Crippen LogP contribution < -0.4 is 5.73 Å². The van der Waals surface area contributed by atoms with E-state index in [1.54, 1.807) is 23.6 Å². The lowest BCUT2D eigenvalue weighted by atomic mass is 10.2. The number of rotatable bonds is 6. The standard InChI is InChI=1S/C16H22FN5S/c1-21(11-16-19-5-4-15(18)20-16)9-13-7-12(17)8-22(13)10-14-3-2-6-23-14/h2-6,12-13H,7-11H2,1H3,(H2,18,19,20)/t12-,13-/m0/s1. The van der Waals surface area contributed by atoms with Crippen LogP contribution in [-0.4, -0.2) is 52.1 Å². The Morgan fingerprint density at radius 1 is 1.48 bits per heavy atom. The van der Waals surface area contributed by atoms with Crippen molar-refractivity contribution in [2.24, 2.45) is 0 Å². The summed E-state index contributed by atoms with van der Waals surface area (Å²) in [5.41, 5.74) is 5.69. The minimum absolute atomic E-state index is 0.221. The lowest BCUT2D eigenvalue weighted by Gasteiger charge is -2.27. The highest BCUT2D eigenvalue weighted by Gasteiger charge is 2.32. The van der Waals surface area contributed by atoms with Gasteiger partial charge in [-0.15, -0.1) is 11.3 Å². The Morgan fingerprint density at radius 3 is 3.09 bits per heavy atom. The average molecular weight is 335 g/mol. The molecule has 0 aliphatic carbocycles. The van der Waals surface area contributed by atoms with E-state index in [1.807, 2.05) is 13.1 Å². The van der Waals surface area contributed by atoms with E-state index in [0.29, 0.717) is 31.2 Å². The lowest BCUT2D eigenvalue weighted by molar-refractivity contribution is 0.180. The van der Waals surface area contributed by atoms with Crippen molar-refractivity contribution < 1.29 is 4.39 Å². The largest absolute Gasteiger partial charge is 0.384 e. The number of aromatic nitrogens is 2. The van der Waals surface area contributed by atoms with Crippen LogP contribution in [0.4, 0.5) is 10.2 Å². The second-order valence-electron chi connectivity index (χ2n) is 6.09. The molecule has 1 fully saturated rings. The molecule has 1 aliphatic rings. The van der Waals surface area contributed by atoms with Crippen LogP contribution in [0.25, 0.3) is 0 Å².